The van der Waals surface area contributed by atoms with Gasteiger partial charge in [-0.25, -0.2) is 4.79 Å². The van der Waals surface area contributed by atoms with Gasteiger partial charge in [0.2, 0.25) is 0 Å². The van der Waals surface area contributed by atoms with Crippen molar-refractivity contribution >= 4 is 20.1 Å². The Morgan fingerprint density at radius 2 is 1.72 bits per heavy atom. The van der Waals surface area contributed by atoms with Crippen LogP contribution in [0.4, 0.5) is 0 Å². The van der Waals surface area contributed by atoms with E-state index in [1.54, 1.807) is 6.08 Å². The molecule has 0 amide bonds. The molecular formula is C30H54O5Si. The fraction of sp³-hybridized carbons (Fsp3) is 0.800. The number of ether oxygens (including phenoxy) is 2. The SMILES string of the molecule is CCC/C=C/C[C@H]1CO[C@@H](C/C(C)=C/C(=O)OCCCCCCCC)[C@H](O[Si](C)(C)C(C)(C)C)C1=O. The Bertz CT molecular complexity index is 719. The van der Waals surface area contributed by atoms with Gasteiger partial charge < -0.3 is 13.9 Å². The Kier molecular flexibility index (Phi) is 15.1. The Labute approximate surface area is 222 Å². The lowest BCUT2D eigenvalue weighted by molar-refractivity contribution is -0.153. The van der Waals surface area contributed by atoms with Gasteiger partial charge in [0.05, 0.1) is 19.3 Å². The first-order chi connectivity index (χ1) is 16.9. The number of unbranched alkanes of at least 4 members (excludes halogenated alkanes) is 6. The lowest BCUT2D eigenvalue weighted by Gasteiger charge is -2.43. The summed E-state index contributed by atoms with van der Waals surface area (Å²) in [7, 11) is -2.20. The standard InChI is InChI=1S/C30H54O5Si/c1-9-11-13-15-16-18-20-33-27(31)22-24(3)21-26-29(35-36(7,8)30(4,5)6)28(32)25(23-34-26)19-17-14-12-10-2/h14,17,22,25-26,29H,9-13,15-16,18-21,23H2,1-8H3/b17-14+,24-22+/t25-,26-,29-/m0/s1. The number of rotatable bonds is 16. The van der Waals surface area contributed by atoms with Crippen molar-refractivity contribution in [2.24, 2.45) is 5.92 Å². The zero-order valence-corrected chi connectivity index (χ0v) is 25.5. The smallest absolute Gasteiger partial charge is 0.330 e. The normalized spacial score (nSPS) is 21.8. The molecule has 0 bridgehead atoms. The van der Waals surface area contributed by atoms with Crippen LogP contribution in [0.5, 0.6) is 0 Å². The van der Waals surface area contributed by atoms with Crippen molar-refractivity contribution in [2.75, 3.05) is 13.2 Å². The van der Waals surface area contributed by atoms with E-state index in [-0.39, 0.29) is 28.8 Å². The van der Waals surface area contributed by atoms with E-state index in [1.165, 1.54) is 25.7 Å². The summed E-state index contributed by atoms with van der Waals surface area (Å²) >= 11 is 0. The van der Waals surface area contributed by atoms with E-state index >= 15 is 0 Å². The van der Waals surface area contributed by atoms with Crippen molar-refractivity contribution in [2.45, 2.75) is 136 Å². The summed E-state index contributed by atoms with van der Waals surface area (Å²) in [5.41, 5.74) is 0.853. The van der Waals surface area contributed by atoms with Crippen molar-refractivity contribution in [1.29, 1.82) is 0 Å². The molecule has 0 unspecified atom stereocenters. The maximum absolute atomic E-state index is 13.5. The van der Waals surface area contributed by atoms with Crippen LogP contribution in [0, 0.1) is 5.92 Å². The first-order valence-corrected chi connectivity index (χ1v) is 17.2. The molecule has 0 aromatic heterocycles. The zero-order valence-electron chi connectivity index (χ0n) is 24.5. The number of allylic oxidation sites excluding steroid dienone is 2. The fourth-order valence-corrected chi connectivity index (χ4v) is 5.28. The summed E-state index contributed by atoms with van der Waals surface area (Å²) in [5, 5.41) is -0.0168. The van der Waals surface area contributed by atoms with Gasteiger partial charge in [0.15, 0.2) is 14.1 Å². The van der Waals surface area contributed by atoms with E-state index in [4.69, 9.17) is 13.9 Å². The molecule has 1 aliphatic rings. The van der Waals surface area contributed by atoms with Gasteiger partial charge in [-0.1, -0.05) is 90.9 Å². The second-order valence-electron chi connectivity index (χ2n) is 11.9. The highest BCUT2D eigenvalue weighted by molar-refractivity contribution is 6.74. The lowest BCUT2D eigenvalue weighted by atomic mass is 9.89. The minimum absolute atomic E-state index is 0.0168. The van der Waals surface area contributed by atoms with Crippen molar-refractivity contribution in [1.82, 2.24) is 0 Å². The fourth-order valence-electron chi connectivity index (χ4n) is 4.02. The summed E-state index contributed by atoms with van der Waals surface area (Å²) in [5.74, 6) is -0.365. The van der Waals surface area contributed by atoms with Crippen molar-refractivity contribution < 1.29 is 23.5 Å². The predicted octanol–water partition coefficient (Wildman–Crippen LogP) is 7.95. The summed E-state index contributed by atoms with van der Waals surface area (Å²) in [6, 6.07) is 0. The second-order valence-corrected chi connectivity index (χ2v) is 16.7. The highest BCUT2D eigenvalue weighted by atomic mass is 28.4. The number of hydrogen-bond donors (Lipinski definition) is 0. The third-order valence-corrected chi connectivity index (χ3v) is 11.9. The van der Waals surface area contributed by atoms with Gasteiger partial charge in [-0.15, -0.1) is 0 Å². The van der Waals surface area contributed by atoms with Gasteiger partial charge in [-0.05, 0) is 50.7 Å². The second kappa shape index (κ2) is 16.6. The molecule has 5 nitrogen and oxygen atoms in total. The number of carbonyl (C=O) groups is 2. The van der Waals surface area contributed by atoms with E-state index in [2.05, 4.69) is 59.9 Å². The van der Waals surface area contributed by atoms with Crippen LogP contribution in [0.2, 0.25) is 18.1 Å². The number of esters is 1. The molecule has 0 aliphatic carbocycles. The number of carbonyl (C=O) groups excluding carboxylic acids is 2. The highest BCUT2D eigenvalue weighted by Crippen LogP contribution is 2.39. The van der Waals surface area contributed by atoms with E-state index in [9.17, 15) is 9.59 Å². The largest absolute Gasteiger partial charge is 0.463 e. The topological polar surface area (TPSA) is 61.8 Å². The first kappa shape index (κ1) is 32.8. The minimum atomic E-state index is -2.20. The van der Waals surface area contributed by atoms with Crippen LogP contribution in [-0.4, -0.2) is 45.5 Å². The van der Waals surface area contributed by atoms with Crippen LogP contribution >= 0.6 is 0 Å². The molecule has 1 fully saturated rings. The summed E-state index contributed by atoms with van der Waals surface area (Å²) in [4.78, 5) is 25.9. The van der Waals surface area contributed by atoms with Crippen molar-refractivity contribution in [3.05, 3.63) is 23.8 Å². The van der Waals surface area contributed by atoms with E-state index in [0.717, 1.165) is 31.3 Å². The molecule has 0 aromatic rings. The molecule has 1 heterocycles. The van der Waals surface area contributed by atoms with E-state index in [0.29, 0.717) is 26.1 Å². The molecule has 0 radical (unpaired) electrons. The number of Topliss-reactive ketones (excluding diaryl/α,β-unsaturated/α-hetero) is 1. The Hall–Kier alpha value is -1.24. The molecule has 1 rings (SSSR count). The molecule has 0 spiro atoms. The Morgan fingerprint density at radius 1 is 1.06 bits per heavy atom. The van der Waals surface area contributed by atoms with Crippen LogP contribution in [-0.2, 0) is 23.5 Å². The maximum Gasteiger partial charge on any atom is 0.330 e. The molecule has 0 aromatic carbocycles. The molecular weight excluding hydrogens is 468 g/mol. The molecule has 0 N–H and O–H groups in total. The van der Waals surface area contributed by atoms with Crippen molar-refractivity contribution in [3.8, 4) is 0 Å². The third kappa shape index (κ3) is 11.9. The summed E-state index contributed by atoms with van der Waals surface area (Å²) < 4.78 is 18.3. The zero-order chi connectivity index (χ0) is 27.2. The van der Waals surface area contributed by atoms with Crippen LogP contribution in [0.3, 0.4) is 0 Å². The quantitative estimate of drug-likeness (QED) is 0.0676. The molecule has 3 atom stereocenters. The van der Waals surface area contributed by atoms with Gasteiger partial charge in [0.1, 0.15) is 6.10 Å². The summed E-state index contributed by atoms with van der Waals surface area (Å²) in [6.45, 7) is 18.0. The molecule has 6 heteroatoms. The number of hydrogen-bond acceptors (Lipinski definition) is 5. The molecule has 0 saturated carbocycles. The van der Waals surface area contributed by atoms with Crippen LogP contribution < -0.4 is 0 Å². The van der Waals surface area contributed by atoms with Crippen molar-refractivity contribution in [3.63, 3.8) is 0 Å². The predicted molar refractivity (Wildman–Crippen MR) is 152 cm³/mol. The maximum atomic E-state index is 13.5. The lowest BCUT2D eigenvalue weighted by Crippen LogP contribution is -2.55. The van der Waals surface area contributed by atoms with Gasteiger partial charge in [-0.2, -0.15) is 0 Å². The Balaban J connectivity index is 2.79. The van der Waals surface area contributed by atoms with Crippen LogP contribution in [0.25, 0.3) is 0 Å². The van der Waals surface area contributed by atoms with E-state index < -0.39 is 14.4 Å². The highest BCUT2D eigenvalue weighted by Gasteiger charge is 2.46. The molecule has 1 saturated heterocycles. The average Bonchev–Trinajstić information content (AvgIpc) is 2.78. The summed E-state index contributed by atoms with van der Waals surface area (Å²) in [6.07, 6.45) is 15.0. The molecule has 208 valence electrons. The van der Waals surface area contributed by atoms with Gasteiger partial charge in [-0.3, -0.25) is 4.79 Å². The first-order valence-electron chi connectivity index (χ1n) is 14.2. The minimum Gasteiger partial charge on any atom is -0.463 e. The van der Waals surface area contributed by atoms with Gasteiger partial charge >= 0.3 is 5.97 Å². The van der Waals surface area contributed by atoms with Crippen LogP contribution in [0.15, 0.2) is 23.8 Å². The van der Waals surface area contributed by atoms with E-state index in [1.807, 2.05) is 6.92 Å². The Morgan fingerprint density at radius 3 is 2.36 bits per heavy atom. The van der Waals surface area contributed by atoms with Gasteiger partial charge in [0.25, 0.3) is 0 Å². The van der Waals surface area contributed by atoms with Gasteiger partial charge in [0, 0.05) is 12.0 Å². The molecule has 1 aliphatic heterocycles. The number of ketones is 1. The monoisotopic (exact) mass is 522 g/mol. The molecule has 36 heavy (non-hydrogen) atoms. The van der Waals surface area contributed by atoms with Crippen LogP contribution in [0.1, 0.15) is 106 Å². The average molecular weight is 523 g/mol. The third-order valence-electron chi connectivity index (χ3n) is 7.43.